The van der Waals surface area contributed by atoms with E-state index < -0.39 is 0 Å². The quantitative estimate of drug-likeness (QED) is 0.810. The Labute approximate surface area is 139 Å². The molecular weight excluding hydrogens is 314 g/mol. The number of nitrogens with two attached hydrogens (primary N) is 1. The smallest absolute Gasteiger partial charge is 0.223 e. The number of hydrogen-bond donors (Lipinski definition) is 1. The Balaban J connectivity index is 1.81. The van der Waals surface area contributed by atoms with Gasteiger partial charge in [0.1, 0.15) is 11.0 Å². The Morgan fingerprint density at radius 3 is 2.87 bits per heavy atom. The van der Waals surface area contributed by atoms with E-state index in [0.717, 1.165) is 43.5 Å². The Kier molecular flexibility index (Phi) is 4.80. The van der Waals surface area contributed by atoms with Gasteiger partial charge in [0.15, 0.2) is 6.19 Å². The summed E-state index contributed by atoms with van der Waals surface area (Å²) in [6, 6.07) is -0.306. The summed E-state index contributed by atoms with van der Waals surface area (Å²) in [6.07, 6.45) is 2.79. The lowest BCUT2D eigenvalue weighted by atomic mass is 10.0. The van der Waals surface area contributed by atoms with Crippen LogP contribution >= 0.6 is 11.3 Å². The molecule has 3 rings (SSSR count). The predicted octanol–water partition coefficient (Wildman–Crippen LogP) is 0.613. The van der Waals surface area contributed by atoms with Gasteiger partial charge in [0.25, 0.3) is 0 Å². The Bertz CT molecular complexity index is 620. The SMILES string of the molecule is Cc1nc(C2C(C(N)=O)CCN2C#N)sc1CN1CCOCC1. The maximum Gasteiger partial charge on any atom is 0.223 e. The van der Waals surface area contributed by atoms with E-state index in [4.69, 9.17) is 10.5 Å². The van der Waals surface area contributed by atoms with Crippen LogP contribution in [0.25, 0.3) is 0 Å². The van der Waals surface area contributed by atoms with Crippen LogP contribution in [0, 0.1) is 24.3 Å². The van der Waals surface area contributed by atoms with Crippen molar-refractivity contribution in [1.82, 2.24) is 14.8 Å². The fourth-order valence-corrected chi connectivity index (χ4v) is 4.48. The van der Waals surface area contributed by atoms with Crippen LogP contribution < -0.4 is 5.73 Å². The number of nitrogens with zero attached hydrogens (tertiary/aromatic N) is 4. The summed E-state index contributed by atoms with van der Waals surface area (Å²) in [4.78, 5) is 21.5. The molecule has 124 valence electrons. The second-order valence-electron chi connectivity index (χ2n) is 5.98. The van der Waals surface area contributed by atoms with Crippen molar-refractivity contribution in [2.24, 2.45) is 11.7 Å². The summed E-state index contributed by atoms with van der Waals surface area (Å²) in [7, 11) is 0. The molecule has 0 spiro atoms. The molecule has 1 aromatic heterocycles. The van der Waals surface area contributed by atoms with Crippen molar-refractivity contribution in [2.75, 3.05) is 32.8 Å². The highest BCUT2D eigenvalue weighted by molar-refractivity contribution is 7.11. The number of nitriles is 1. The van der Waals surface area contributed by atoms with Crippen LogP contribution in [0.4, 0.5) is 0 Å². The minimum absolute atomic E-state index is 0.306. The third-order valence-corrected chi connectivity index (χ3v) is 5.74. The van der Waals surface area contributed by atoms with Gasteiger partial charge in [-0.2, -0.15) is 5.26 Å². The second kappa shape index (κ2) is 6.83. The van der Waals surface area contributed by atoms with Gasteiger partial charge < -0.3 is 10.5 Å². The van der Waals surface area contributed by atoms with E-state index in [1.54, 1.807) is 16.2 Å². The first kappa shape index (κ1) is 16.2. The van der Waals surface area contributed by atoms with Gasteiger partial charge in [-0.1, -0.05) is 0 Å². The highest BCUT2D eigenvalue weighted by Gasteiger charge is 2.40. The van der Waals surface area contributed by atoms with Gasteiger partial charge in [-0.05, 0) is 13.3 Å². The largest absolute Gasteiger partial charge is 0.379 e. The molecule has 0 aliphatic carbocycles. The lowest BCUT2D eigenvalue weighted by molar-refractivity contribution is -0.122. The molecule has 0 saturated carbocycles. The summed E-state index contributed by atoms with van der Waals surface area (Å²) < 4.78 is 5.38. The standard InChI is InChI=1S/C15H21N5O2S/c1-10-12(8-19-4-6-22-7-5-19)23-15(18-10)13-11(14(17)21)2-3-20(13)9-16/h11,13H,2-8H2,1H3,(H2,17,21). The van der Waals surface area contributed by atoms with Crippen molar-refractivity contribution in [1.29, 1.82) is 5.26 Å². The van der Waals surface area contributed by atoms with Crippen LogP contribution in [0.1, 0.15) is 28.0 Å². The van der Waals surface area contributed by atoms with Crippen LogP contribution in [0.2, 0.25) is 0 Å². The van der Waals surface area contributed by atoms with Gasteiger partial charge in [-0.15, -0.1) is 11.3 Å². The summed E-state index contributed by atoms with van der Waals surface area (Å²) >= 11 is 1.60. The van der Waals surface area contributed by atoms with E-state index in [1.165, 1.54) is 4.88 Å². The molecule has 2 atom stereocenters. The molecule has 8 heteroatoms. The number of carbonyl (C=O) groups is 1. The Morgan fingerprint density at radius 1 is 1.48 bits per heavy atom. The monoisotopic (exact) mass is 335 g/mol. The lowest BCUT2D eigenvalue weighted by Gasteiger charge is -2.26. The van der Waals surface area contributed by atoms with E-state index in [1.807, 2.05) is 6.92 Å². The van der Waals surface area contributed by atoms with Gasteiger partial charge in [0.2, 0.25) is 5.91 Å². The molecule has 7 nitrogen and oxygen atoms in total. The first-order chi connectivity index (χ1) is 11.1. The molecular formula is C15H21N5O2S. The maximum absolute atomic E-state index is 11.7. The molecule has 2 aliphatic heterocycles. The van der Waals surface area contributed by atoms with Crippen molar-refractivity contribution < 1.29 is 9.53 Å². The third-order valence-electron chi connectivity index (χ3n) is 4.52. The van der Waals surface area contributed by atoms with E-state index in [2.05, 4.69) is 16.1 Å². The zero-order valence-corrected chi connectivity index (χ0v) is 14.0. The number of hydrogen-bond acceptors (Lipinski definition) is 7. The number of morpholine rings is 1. The number of primary amides is 1. The number of rotatable bonds is 4. The molecule has 2 N–H and O–H groups in total. The van der Waals surface area contributed by atoms with Crippen LogP contribution in [0.15, 0.2) is 0 Å². The zero-order chi connectivity index (χ0) is 16.4. The molecule has 2 fully saturated rings. The maximum atomic E-state index is 11.7. The average molecular weight is 335 g/mol. The first-order valence-electron chi connectivity index (χ1n) is 7.82. The van der Waals surface area contributed by atoms with E-state index in [0.29, 0.717) is 13.0 Å². The molecule has 23 heavy (non-hydrogen) atoms. The van der Waals surface area contributed by atoms with Gasteiger partial charge in [0, 0.05) is 31.1 Å². The summed E-state index contributed by atoms with van der Waals surface area (Å²) in [5.74, 6) is -0.688. The van der Waals surface area contributed by atoms with Gasteiger partial charge >= 0.3 is 0 Å². The molecule has 3 heterocycles. The normalized spacial score (nSPS) is 25.5. The molecule has 0 aromatic carbocycles. The van der Waals surface area contributed by atoms with Gasteiger partial charge in [-0.25, -0.2) is 4.98 Å². The van der Waals surface area contributed by atoms with Crippen LogP contribution in [-0.2, 0) is 16.1 Å². The molecule has 2 unspecified atom stereocenters. The van der Waals surface area contributed by atoms with Crippen molar-refractivity contribution >= 4 is 17.2 Å². The molecule has 0 bridgehead atoms. The zero-order valence-electron chi connectivity index (χ0n) is 13.2. The van der Waals surface area contributed by atoms with Gasteiger partial charge in [-0.3, -0.25) is 14.6 Å². The first-order valence-corrected chi connectivity index (χ1v) is 8.63. The van der Waals surface area contributed by atoms with E-state index >= 15 is 0 Å². The van der Waals surface area contributed by atoms with Crippen molar-refractivity contribution in [2.45, 2.75) is 25.9 Å². The molecule has 1 amide bonds. The lowest BCUT2D eigenvalue weighted by Crippen LogP contribution is -2.35. The number of aromatic nitrogens is 1. The van der Waals surface area contributed by atoms with Gasteiger partial charge in [0.05, 0.1) is 24.8 Å². The summed E-state index contributed by atoms with van der Waals surface area (Å²) in [5, 5.41) is 10.1. The minimum atomic E-state index is -0.352. The van der Waals surface area contributed by atoms with Crippen molar-refractivity contribution in [3.8, 4) is 6.19 Å². The molecule has 2 saturated heterocycles. The minimum Gasteiger partial charge on any atom is -0.379 e. The Hall–Kier alpha value is -1.69. The number of aryl methyl sites for hydroxylation is 1. The van der Waals surface area contributed by atoms with Crippen LogP contribution in [0.3, 0.4) is 0 Å². The molecule has 1 aromatic rings. The van der Waals surface area contributed by atoms with E-state index in [9.17, 15) is 10.1 Å². The second-order valence-corrected chi connectivity index (χ2v) is 7.10. The van der Waals surface area contributed by atoms with E-state index in [-0.39, 0.29) is 17.9 Å². The van der Waals surface area contributed by atoms with Crippen LogP contribution in [-0.4, -0.2) is 53.5 Å². The topological polar surface area (TPSA) is 95.5 Å². The number of thiazole rings is 1. The number of ether oxygens (including phenoxy) is 1. The van der Waals surface area contributed by atoms with Crippen LogP contribution in [0.5, 0.6) is 0 Å². The van der Waals surface area contributed by atoms with Crippen molar-refractivity contribution in [3.63, 3.8) is 0 Å². The number of amides is 1. The molecule has 0 radical (unpaired) electrons. The fourth-order valence-electron chi connectivity index (χ4n) is 3.19. The fraction of sp³-hybridized carbons (Fsp3) is 0.667. The Morgan fingerprint density at radius 2 is 2.22 bits per heavy atom. The number of likely N-dealkylation sites (tertiary alicyclic amines) is 1. The highest BCUT2D eigenvalue weighted by Crippen LogP contribution is 2.39. The highest BCUT2D eigenvalue weighted by atomic mass is 32.1. The predicted molar refractivity (Wildman–Crippen MR) is 85.3 cm³/mol. The average Bonchev–Trinajstić information content (AvgIpc) is 3.12. The third kappa shape index (κ3) is 3.32. The number of carbonyl (C=O) groups excluding carboxylic acids is 1. The summed E-state index contributed by atoms with van der Waals surface area (Å²) in [6.45, 7) is 6.76. The molecule has 2 aliphatic rings. The summed E-state index contributed by atoms with van der Waals surface area (Å²) in [5.41, 5.74) is 6.49. The van der Waals surface area contributed by atoms with Crippen molar-refractivity contribution in [3.05, 3.63) is 15.6 Å².